The molecule has 1 amide bonds. The molecular weight excluding hydrogens is 284 g/mol. The van der Waals surface area contributed by atoms with E-state index in [-0.39, 0.29) is 24.4 Å². The van der Waals surface area contributed by atoms with Crippen LogP contribution in [0.1, 0.15) is 51.1 Å². The van der Waals surface area contributed by atoms with Gasteiger partial charge in [0.05, 0.1) is 0 Å². The van der Waals surface area contributed by atoms with Gasteiger partial charge in [-0.3, -0.25) is 4.79 Å². The van der Waals surface area contributed by atoms with Gasteiger partial charge < -0.3 is 11.1 Å². The summed E-state index contributed by atoms with van der Waals surface area (Å²) in [5.41, 5.74) is 7.12. The first-order valence-corrected chi connectivity index (χ1v) is 7.66. The molecule has 4 atom stereocenters. The Hall–Kier alpha value is -1.06. The maximum absolute atomic E-state index is 12.1. The Balaban J connectivity index is 0.00000220. The lowest BCUT2D eigenvalue weighted by Gasteiger charge is -2.33. The summed E-state index contributed by atoms with van der Waals surface area (Å²) in [5, 5.41) is 3.17. The van der Waals surface area contributed by atoms with Crippen molar-refractivity contribution in [3.8, 4) is 0 Å². The Morgan fingerprint density at radius 1 is 1.29 bits per heavy atom. The van der Waals surface area contributed by atoms with Crippen molar-refractivity contribution in [3.63, 3.8) is 0 Å². The van der Waals surface area contributed by atoms with Crippen molar-refractivity contribution in [2.45, 2.75) is 51.6 Å². The first-order chi connectivity index (χ1) is 9.56. The van der Waals surface area contributed by atoms with Crippen molar-refractivity contribution in [2.24, 2.45) is 17.6 Å². The van der Waals surface area contributed by atoms with E-state index in [2.05, 4.69) is 19.2 Å². The van der Waals surface area contributed by atoms with E-state index in [0.29, 0.717) is 18.4 Å². The van der Waals surface area contributed by atoms with E-state index < -0.39 is 0 Å². The molecule has 4 unspecified atom stereocenters. The molecule has 0 bridgehead atoms. The minimum Gasteiger partial charge on any atom is -0.353 e. The van der Waals surface area contributed by atoms with E-state index in [9.17, 15) is 4.79 Å². The van der Waals surface area contributed by atoms with E-state index in [1.807, 2.05) is 30.3 Å². The maximum Gasteiger partial charge on any atom is 0.222 e. The molecule has 1 aliphatic carbocycles. The lowest BCUT2D eigenvalue weighted by atomic mass is 9.80. The zero-order valence-corrected chi connectivity index (χ0v) is 13.7. The monoisotopic (exact) mass is 310 g/mol. The molecule has 0 aromatic heterocycles. The first kappa shape index (κ1) is 18.0. The number of carbonyl (C=O) groups is 1. The molecule has 4 heteroatoms. The largest absolute Gasteiger partial charge is 0.353 e. The molecule has 1 saturated carbocycles. The highest BCUT2D eigenvalue weighted by atomic mass is 35.5. The van der Waals surface area contributed by atoms with Gasteiger partial charge in [0.2, 0.25) is 5.91 Å². The molecule has 2 rings (SSSR count). The molecular formula is C17H27ClN2O. The predicted octanol–water partition coefficient (Wildman–Crippen LogP) is 3.44. The summed E-state index contributed by atoms with van der Waals surface area (Å²) in [6.45, 7) is 4.53. The van der Waals surface area contributed by atoms with E-state index in [0.717, 1.165) is 17.9 Å². The fraction of sp³-hybridized carbons (Fsp3) is 0.588. The lowest BCUT2D eigenvalue weighted by molar-refractivity contribution is -0.122. The average molecular weight is 311 g/mol. The van der Waals surface area contributed by atoms with E-state index in [4.69, 9.17) is 5.73 Å². The molecule has 0 heterocycles. The Bertz CT molecular complexity index is 438. The van der Waals surface area contributed by atoms with Gasteiger partial charge in [-0.2, -0.15) is 0 Å². The molecule has 3 nitrogen and oxygen atoms in total. The second kappa shape index (κ2) is 8.40. The molecule has 0 saturated heterocycles. The SMILES string of the molecule is CC1CCC(NC(=O)CC(N)c2ccccc2)C(C)C1.Cl. The van der Waals surface area contributed by atoms with Crippen LogP contribution in [0.4, 0.5) is 0 Å². The van der Waals surface area contributed by atoms with Crippen molar-refractivity contribution >= 4 is 18.3 Å². The molecule has 1 aromatic carbocycles. The quantitative estimate of drug-likeness (QED) is 0.895. The molecule has 1 fully saturated rings. The number of hydrogen-bond acceptors (Lipinski definition) is 2. The lowest BCUT2D eigenvalue weighted by Crippen LogP contribution is -2.43. The summed E-state index contributed by atoms with van der Waals surface area (Å²) < 4.78 is 0. The van der Waals surface area contributed by atoms with Crippen LogP contribution in [0, 0.1) is 11.8 Å². The summed E-state index contributed by atoms with van der Waals surface area (Å²) >= 11 is 0. The van der Waals surface area contributed by atoms with E-state index in [1.165, 1.54) is 12.8 Å². The zero-order chi connectivity index (χ0) is 14.5. The van der Waals surface area contributed by atoms with Gasteiger partial charge in [-0.1, -0.05) is 44.2 Å². The molecule has 3 N–H and O–H groups in total. The smallest absolute Gasteiger partial charge is 0.222 e. The van der Waals surface area contributed by atoms with Gasteiger partial charge in [-0.15, -0.1) is 12.4 Å². The molecule has 0 aliphatic heterocycles. The molecule has 1 aromatic rings. The fourth-order valence-corrected chi connectivity index (χ4v) is 3.16. The van der Waals surface area contributed by atoms with Gasteiger partial charge in [-0.05, 0) is 36.7 Å². The zero-order valence-electron chi connectivity index (χ0n) is 12.9. The minimum atomic E-state index is -0.214. The van der Waals surface area contributed by atoms with Crippen LogP contribution in [-0.4, -0.2) is 11.9 Å². The fourth-order valence-electron chi connectivity index (χ4n) is 3.16. The number of carbonyl (C=O) groups excluding carboxylic acids is 1. The number of nitrogens with two attached hydrogens (primary N) is 1. The van der Waals surface area contributed by atoms with Crippen LogP contribution in [0.2, 0.25) is 0 Å². The standard InChI is InChI=1S/C17H26N2O.ClH/c1-12-8-9-16(13(2)10-12)19-17(20)11-15(18)14-6-4-3-5-7-14;/h3-7,12-13,15-16H,8-11,18H2,1-2H3,(H,19,20);1H. The van der Waals surface area contributed by atoms with Crippen molar-refractivity contribution in [1.29, 1.82) is 0 Å². The van der Waals surface area contributed by atoms with Crippen LogP contribution in [0.25, 0.3) is 0 Å². The Morgan fingerprint density at radius 2 is 1.95 bits per heavy atom. The van der Waals surface area contributed by atoms with Gasteiger partial charge >= 0.3 is 0 Å². The van der Waals surface area contributed by atoms with Crippen molar-refractivity contribution < 1.29 is 4.79 Å². The minimum absolute atomic E-state index is 0. The van der Waals surface area contributed by atoms with Crippen LogP contribution >= 0.6 is 12.4 Å². The summed E-state index contributed by atoms with van der Waals surface area (Å²) in [4.78, 5) is 12.1. The van der Waals surface area contributed by atoms with Crippen LogP contribution in [0.3, 0.4) is 0 Å². The first-order valence-electron chi connectivity index (χ1n) is 7.66. The number of nitrogens with one attached hydrogen (secondary N) is 1. The second-order valence-electron chi connectivity index (χ2n) is 6.29. The van der Waals surface area contributed by atoms with Gasteiger partial charge in [0.25, 0.3) is 0 Å². The summed E-state index contributed by atoms with van der Waals surface area (Å²) in [6.07, 6.45) is 3.87. The summed E-state index contributed by atoms with van der Waals surface area (Å²) in [6, 6.07) is 9.93. The number of hydrogen-bond donors (Lipinski definition) is 2. The molecule has 0 radical (unpaired) electrons. The van der Waals surface area contributed by atoms with Crippen LogP contribution in [-0.2, 0) is 4.79 Å². The van der Waals surface area contributed by atoms with Gasteiger partial charge in [0.15, 0.2) is 0 Å². The van der Waals surface area contributed by atoms with Crippen molar-refractivity contribution in [1.82, 2.24) is 5.32 Å². The third-order valence-corrected chi connectivity index (χ3v) is 4.41. The highest BCUT2D eigenvalue weighted by molar-refractivity contribution is 5.85. The van der Waals surface area contributed by atoms with Crippen LogP contribution in [0.5, 0.6) is 0 Å². The number of benzene rings is 1. The highest BCUT2D eigenvalue weighted by Gasteiger charge is 2.26. The number of amides is 1. The van der Waals surface area contributed by atoms with Gasteiger partial charge in [-0.25, -0.2) is 0 Å². The summed E-state index contributed by atoms with van der Waals surface area (Å²) in [5.74, 6) is 1.42. The topological polar surface area (TPSA) is 55.1 Å². The molecule has 0 spiro atoms. The maximum atomic E-state index is 12.1. The van der Waals surface area contributed by atoms with E-state index in [1.54, 1.807) is 0 Å². The van der Waals surface area contributed by atoms with E-state index >= 15 is 0 Å². The summed E-state index contributed by atoms with van der Waals surface area (Å²) in [7, 11) is 0. The molecule has 1 aliphatic rings. The number of halogens is 1. The Morgan fingerprint density at radius 3 is 2.57 bits per heavy atom. The van der Waals surface area contributed by atoms with Gasteiger partial charge in [0, 0.05) is 18.5 Å². The van der Waals surface area contributed by atoms with Gasteiger partial charge in [0.1, 0.15) is 0 Å². The third-order valence-electron chi connectivity index (χ3n) is 4.41. The highest BCUT2D eigenvalue weighted by Crippen LogP contribution is 2.28. The third kappa shape index (κ3) is 5.33. The molecule has 21 heavy (non-hydrogen) atoms. The number of rotatable bonds is 4. The normalized spacial score (nSPS) is 26.5. The van der Waals surface area contributed by atoms with Crippen LogP contribution in [0.15, 0.2) is 30.3 Å². The second-order valence-corrected chi connectivity index (χ2v) is 6.29. The van der Waals surface area contributed by atoms with Crippen LogP contribution < -0.4 is 11.1 Å². The van der Waals surface area contributed by atoms with Crippen molar-refractivity contribution in [3.05, 3.63) is 35.9 Å². The average Bonchev–Trinajstić information content (AvgIpc) is 2.43. The van der Waals surface area contributed by atoms with Crippen molar-refractivity contribution in [2.75, 3.05) is 0 Å². The Labute approximate surface area is 134 Å². The predicted molar refractivity (Wildman–Crippen MR) is 89.3 cm³/mol. The Kier molecular flexibility index (Phi) is 7.20. The molecule has 118 valence electrons.